The lowest BCUT2D eigenvalue weighted by Crippen LogP contribution is -2.23. The van der Waals surface area contributed by atoms with Crippen molar-refractivity contribution in [1.29, 1.82) is 0 Å². The monoisotopic (exact) mass is 304 g/mol. The molecule has 112 valence electrons. The smallest absolute Gasteiger partial charge is 0.251 e. The fraction of sp³-hybridized carbons (Fsp3) is 0.400. The van der Waals surface area contributed by atoms with Gasteiger partial charge < -0.3 is 10.6 Å². The van der Waals surface area contributed by atoms with Gasteiger partial charge in [-0.2, -0.15) is 0 Å². The molecule has 0 bridgehead atoms. The molecule has 0 aromatic carbocycles. The maximum atomic E-state index is 12.3. The van der Waals surface area contributed by atoms with E-state index in [0.29, 0.717) is 12.1 Å². The number of aromatic nitrogens is 2. The molecule has 2 rings (SSSR count). The summed E-state index contributed by atoms with van der Waals surface area (Å²) in [4.78, 5) is 22.0. The van der Waals surface area contributed by atoms with Gasteiger partial charge in [0, 0.05) is 22.7 Å². The third-order valence-corrected chi connectivity index (χ3v) is 4.05. The first kappa shape index (κ1) is 15.4. The van der Waals surface area contributed by atoms with E-state index in [9.17, 15) is 4.79 Å². The summed E-state index contributed by atoms with van der Waals surface area (Å²) in [5.41, 5.74) is 4.31. The predicted octanol–water partition coefficient (Wildman–Crippen LogP) is 2.77. The Morgan fingerprint density at radius 2 is 2.14 bits per heavy atom. The minimum absolute atomic E-state index is 0.0842. The number of hydrogen-bond acceptors (Lipinski definition) is 5. The minimum Gasteiger partial charge on any atom is -0.370 e. The Morgan fingerprint density at radius 3 is 2.76 bits per heavy atom. The standard InChI is InChI=1S/C15H20N4OS/c1-4-12-6-11(7-14(19-12)16-5-2)15(20)17-8-13-10(3)18-9-21-13/h6-7,9H,4-5,8H2,1-3H3,(H,16,19)(H,17,20). The van der Waals surface area contributed by atoms with Gasteiger partial charge in [-0.3, -0.25) is 4.79 Å². The Hall–Kier alpha value is -1.95. The first-order valence-corrected chi connectivity index (χ1v) is 7.94. The first-order chi connectivity index (χ1) is 10.1. The highest BCUT2D eigenvalue weighted by atomic mass is 32.1. The molecule has 0 fully saturated rings. The number of carbonyl (C=O) groups is 1. The molecule has 1 amide bonds. The topological polar surface area (TPSA) is 66.9 Å². The van der Waals surface area contributed by atoms with Gasteiger partial charge in [-0.25, -0.2) is 9.97 Å². The van der Waals surface area contributed by atoms with E-state index in [2.05, 4.69) is 20.6 Å². The lowest BCUT2D eigenvalue weighted by atomic mass is 10.2. The molecular formula is C15H20N4OS. The zero-order valence-electron chi connectivity index (χ0n) is 12.6. The van der Waals surface area contributed by atoms with E-state index < -0.39 is 0 Å². The molecule has 0 saturated carbocycles. The summed E-state index contributed by atoms with van der Waals surface area (Å²) in [6.07, 6.45) is 0.799. The Morgan fingerprint density at radius 1 is 1.33 bits per heavy atom. The molecule has 0 unspecified atom stereocenters. The number of amides is 1. The SMILES string of the molecule is CCNc1cc(C(=O)NCc2scnc2C)cc(CC)n1. The number of rotatable bonds is 6. The number of carbonyl (C=O) groups excluding carboxylic acids is 1. The number of nitrogens with zero attached hydrogens (tertiary/aromatic N) is 2. The molecule has 0 radical (unpaired) electrons. The molecule has 5 nitrogen and oxygen atoms in total. The van der Waals surface area contributed by atoms with Crippen LogP contribution in [0.2, 0.25) is 0 Å². The highest BCUT2D eigenvalue weighted by Crippen LogP contribution is 2.14. The third-order valence-electron chi connectivity index (χ3n) is 3.12. The summed E-state index contributed by atoms with van der Waals surface area (Å²) in [6.45, 7) is 7.27. The number of aryl methyl sites for hydroxylation is 2. The van der Waals surface area contributed by atoms with Gasteiger partial charge in [-0.05, 0) is 32.4 Å². The van der Waals surface area contributed by atoms with Gasteiger partial charge in [-0.15, -0.1) is 11.3 Å². The predicted molar refractivity (Wildman–Crippen MR) is 85.8 cm³/mol. The summed E-state index contributed by atoms with van der Waals surface area (Å²) in [5, 5.41) is 6.10. The Bertz CT molecular complexity index is 624. The molecule has 2 heterocycles. The summed E-state index contributed by atoms with van der Waals surface area (Å²) in [5.74, 6) is 0.662. The van der Waals surface area contributed by atoms with Crippen molar-refractivity contribution in [3.05, 3.63) is 39.5 Å². The van der Waals surface area contributed by atoms with Crippen LogP contribution in [0.4, 0.5) is 5.82 Å². The van der Waals surface area contributed by atoms with E-state index in [1.807, 2.05) is 26.8 Å². The molecule has 2 N–H and O–H groups in total. The number of nitrogens with one attached hydrogen (secondary N) is 2. The average Bonchev–Trinajstić information content (AvgIpc) is 2.90. The normalized spacial score (nSPS) is 10.4. The van der Waals surface area contributed by atoms with Gasteiger partial charge in [0.05, 0.1) is 17.7 Å². The minimum atomic E-state index is -0.0842. The zero-order valence-corrected chi connectivity index (χ0v) is 13.4. The van der Waals surface area contributed by atoms with Crippen LogP contribution in [0.1, 0.15) is 40.5 Å². The molecule has 6 heteroatoms. The summed E-state index contributed by atoms with van der Waals surface area (Å²) >= 11 is 1.56. The number of hydrogen-bond donors (Lipinski definition) is 2. The highest BCUT2D eigenvalue weighted by Gasteiger charge is 2.10. The molecule has 21 heavy (non-hydrogen) atoms. The van der Waals surface area contributed by atoms with Gasteiger partial charge in [0.15, 0.2) is 0 Å². The van der Waals surface area contributed by atoms with Crippen molar-refractivity contribution in [1.82, 2.24) is 15.3 Å². The molecule has 2 aromatic rings. The second kappa shape index (κ2) is 7.17. The van der Waals surface area contributed by atoms with Gasteiger partial charge in [0.1, 0.15) is 5.82 Å². The molecular weight excluding hydrogens is 284 g/mol. The van der Waals surface area contributed by atoms with E-state index in [4.69, 9.17) is 0 Å². The first-order valence-electron chi connectivity index (χ1n) is 7.06. The third kappa shape index (κ3) is 4.01. The van der Waals surface area contributed by atoms with Crippen molar-refractivity contribution in [3.8, 4) is 0 Å². The van der Waals surface area contributed by atoms with E-state index in [-0.39, 0.29) is 5.91 Å². The fourth-order valence-corrected chi connectivity index (χ4v) is 2.65. The number of pyridine rings is 1. The van der Waals surface area contributed by atoms with Gasteiger partial charge >= 0.3 is 0 Å². The molecule has 0 aliphatic carbocycles. The van der Waals surface area contributed by atoms with Gasteiger partial charge in [0.2, 0.25) is 0 Å². The van der Waals surface area contributed by atoms with Crippen LogP contribution < -0.4 is 10.6 Å². The molecule has 0 saturated heterocycles. The van der Waals surface area contributed by atoms with Crippen LogP contribution in [0.3, 0.4) is 0 Å². The largest absolute Gasteiger partial charge is 0.370 e. The van der Waals surface area contributed by atoms with Crippen LogP contribution >= 0.6 is 11.3 Å². The lowest BCUT2D eigenvalue weighted by molar-refractivity contribution is 0.0951. The van der Waals surface area contributed by atoms with Gasteiger partial charge in [0.25, 0.3) is 5.91 Å². The van der Waals surface area contributed by atoms with E-state index in [1.54, 1.807) is 22.9 Å². The van der Waals surface area contributed by atoms with Crippen LogP contribution in [0.25, 0.3) is 0 Å². The van der Waals surface area contributed by atoms with Crippen LogP contribution in [-0.4, -0.2) is 22.4 Å². The van der Waals surface area contributed by atoms with Crippen LogP contribution in [0, 0.1) is 6.92 Å². The van der Waals surface area contributed by atoms with Crippen molar-refractivity contribution < 1.29 is 4.79 Å². The molecule has 0 aliphatic rings. The van der Waals surface area contributed by atoms with Gasteiger partial charge in [-0.1, -0.05) is 6.92 Å². The number of thiazole rings is 1. The quantitative estimate of drug-likeness (QED) is 0.861. The van der Waals surface area contributed by atoms with E-state index >= 15 is 0 Å². The number of anilines is 1. The van der Waals surface area contributed by atoms with Crippen LogP contribution in [0.15, 0.2) is 17.6 Å². The van der Waals surface area contributed by atoms with Crippen molar-refractivity contribution >= 4 is 23.1 Å². The van der Waals surface area contributed by atoms with Crippen LogP contribution in [0.5, 0.6) is 0 Å². The second-order valence-corrected chi connectivity index (χ2v) is 5.60. The summed E-state index contributed by atoms with van der Waals surface area (Å²) < 4.78 is 0. The Balaban J connectivity index is 2.10. The highest BCUT2D eigenvalue weighted by molar-refractivity contribution is 7.09. The van der Waals surface area contributed by atoms with Crippen molar-refractivity contribution in [2.24, 2.45) is 0 Å². The molecule has 0 spiro atoms. The average molecular weight is 304 g/mol. The van der Waals surface area contributed by atoms with E-state index in [1.165, 1.54) is 0 Å². The Kier molecular flexibility index (Phi) is 5.27. The molecule has 2 aromatic heterocycles. The van der Waals surface area contributed by atoms with E-state index in [0.717, 1.165) is 35.0 Å². The van der Waals surface area contributed by atoms with Crippen LogP contribution in [-0.2, 0) is 13.0 Å². The second-order valence-electron chi connectivity index (χ2n) is 4.66. The van der Waals surface area contributed by atoms with Crippen molar-refractivity contribution in [3.63, 3.8) is 0 Å². The fourth-order valence-electron chi connectivity index (χ4n) is 1.93. The Labute approximate surface area is 128 Å². The maximum Gasteiger partial charge on any atom is 0.251 e. The van der Waals surface area contributed by atoms with Crippen molar-refractivity contribution in [2.75, 3.05) is 11.9 Å². The lowest BCUT2D eigenvalue weighted by Gasteiger charge is -2.09. The zero-order chi connectivity index (χ0) is 15.2. The maximum absolute atomic E-state index is 12.3. The molecule has 0 aliphatic heterocycles. The van der Waals surface area contributed by atoms with Crippen molar-refractivity contribution in [2.45, 2.75) is 33.7 Å². The summed E-state index contributed by atoms with van der Waals surface area (Å²) in [6, 6.07) is 3.63. The molecule has 0 atom stereocenters. The summed E-state index contributed by atoms with van der Waals surface area (Å²) in [7, 11) is 0.